The molecular formula is C54H94N2O6P+. The Kier molecular flexibility index (Phi) is 42.4. The molecule has 360 valence electrons. The Balaban J connectivity index is 4.26. The van der Waals surface area contributed by atoms with Crippen molar-refractivity contribution in [3.63, 3.8) is 0 Å². The Morgan fingerprint density at radius 2 is 0.968 bits per heavy atom. The number of unbranched alkanes of at least 4 members (excludes halogenated alkanes) is 14. The molecule has 0 bridgehead atoms. The van der Waals surface area contributed by atoms with Crippen LogP contribution in [0.1, 0.15) is 174 Å². The number of phosphoric ester groups is 1. The van der Waals surface area contributed by atoms with E-state index in [-0.39, 0.29) is 19.1 Å². The van der Waals surface area contributed by atoms with E-state index < -0.39 is 20.0 Å². The quantitative estimate of drug-likeness (QED) is 0.0244. The summed E-state index contributed by atoms with van der Waals surface area (Å²) in [5, 5.41) is 13.8. The number of aliphatic hydroxyl groups excluding tert-OH is 1. The molecule has 0 aliphatic rings. The number of aliphatic hydroxyl groups is 1. The lowest BCUT2D eigenvalue weighted by Crippen LogP contribution is -2.45. The Labute approximate surface area is 387 Å². The molecule has 0 radical (unpaired) electrons. The molecule has 0 fully saturated rings. The van der Waals surface area contributed by atoms with Gasteiger partial charge in [-0.2, -0.15) is 0 Å². The topological polar surface area (TPSA) is 105 Å². The fourth-order valence-electron chi connectivity index (χ4n) is 6.30. The van der Waals surface area contributed by atoms with Crippen molar-refractivity contribution < 1.29 is 32.9 Å². The molecule has 0 saturated heterocycles. The van der Waals surface area contributed by atoms with Crippen molar-refractivity contribution in [1.82, 2.24) is 5.32 Å². The van der Waals surface area contributed by atoms with Crippen molar-refractivity contribution >= 4 is 13.7 Å². The SMILES string of the molecule is CC/C=C\C/C=C\C/C=C\C/C=C\C/C=C\C/C=C\CCCCCCCCCCCCC(=O)NC(COP(=O)(O)OCC[N+](C)(C)C)C(O)/C=C/CC/C=C/CC/C=C/CCCC. The van der Waals surface area contributed by atoms with Crippen molar-refractivity contribution in [2.45, 2.75) is 187 Å². The molecule has 0 saturated carbocycles. The molecule has 0 aliphatic heterocycles. The molecule has 3 N–H and O–H groups in total. The van der Waals surface area contributed by atoms with Gasteiger partial charge in [-0.15, -0.1) is 0 Å². The number of nitrogens with zero attached hydrogens (tertiary/aromatic N) is 1. The maximum absolute atomic E-state index is 12.9. The smallest absolute Gasteiger partial charge is 0.387 e. The zero-order valence-corrected chi connectivity index (χ0v) is 41.7. The van der Waals surface area contributed by atoms with E-state index in [9.17, 15) is 19.4 Å². The van der Waals surface area contributed by atoms with E-state index in [1.54, 1.807) is 6.08 Å². The molecular weight excluding hydrogens is 804 g/mol. The minimum atomic E-state index is -4.36. The molecule has 0 spiro atoms. The van der Waals surface area contributed by atoms with Crippen LogP contribution in [0.2, 0.25) is 0 Å². The summed E-state index contributed by atoms with van der Waals surface area (Å²) < 4.78 is 23.5. The second-order valence-corrected chi connectivity index (χ2v) is 18.9. The number of rotatable bonds is 43. The summed E-state index contributed by atoms with van der Waals surface area (Å²) in [5.74, 6) is -0.203. The van der Waals surface area contributed by atoms with Gasteiger partial charge in [-0.3, -0.25) is 13.8 Å². The lowest BCUT2D eigenvalue weighted by Gasteiger charge is -2.25. The summed E-state index contributed by atoms with van der Waals surface area (Å²) >= 11 is 0. The lowest BCUT2D eigenvalue weighted by molar-refractivity contribution is -0.870. The van der Waals surface area contributed by atoms with E-state index >= 15 is 0 Å². The first-order valence-corrected chi connectivity index (χ1v) is 26.3. The van der Waals surface area contributed by atoms with Crippen LogP contribution in [0.4, 0.5) is 0 Å². The van der Waals surface area contributed by atoms with Crippen LogP contribution in [0.5, 0.6) is 0 Å². The standard InChI is InChI=1S/C54H93N2O6P/c1-6-8-10-12-14-16-18-20-21-22-23-24-25-26-27-28-29-30-31-32-33-34-35-36-38-40-42-44-46-48-54(58)55-52(51-62-63(59,60)61-50-49-56(3,4)5)53(57)47-45-43-41-39-37-19-17-15-13-11-9-7-2/h8,10,13-16,20-21,23-24,26-27,29-30,37,39,45,47,52-53,57H,6-7,9,11-12,17-19,22,25,28,31-36,38,40-44,46,48-51H2,1-5H3,(H-,55,58,59,60)/p+1/b10-8-,15-13+,16-14-,21-20-,24-23-,27-26-,30-29-,39-37+,47-45+. The summed E-state index contributed by atoms with van der Waals surface area (Å²) in [4.78, 5) is 23.2. The Morgan fingerprint density at radius 3 is 1.46 bits per heavy atom. The van der Waals surface area contributed by atoms with Gasteiger partial charge in [0.2, 0.25) is 5.91 Å². The number of nitrogens with one attached hydrogen (secondary N) is 1. The zero-order valence-electron chi connectivity index (χ0n) is 40.8. The largest absolute Gasteiger partial charge is 0.472 e. The fourth-order valence-corrected chi connectivity index (χ4v) is 7.03. The van der Waals surface area contributed by atoms with Gasteiger partial charge in [0.15, 0.2) is 0 Å². The van der Waals surface area contributed by atoms with E-state index in [1.807, 2.05) is 27.2 Å². The first-order chi connectivity index (χ1) is 30.5. The average Bonchev–Trinajstić information content (AvgIpc) is 3.24. The summed E-state index contributed by atoms with van der Waals surface area (Å²) in [6.45, 7) is 4.59. The van der Waals surface area contributed by atoms with E-state index in [0.717, 1.165) is 96.3 Å². The first-order valence-electron chi connectivity index (χ1n) is 24.8. The van der Waals surface area contributed by atoms with Gasteiger partial charge in [0.05, 0.1) is 39.9 Å². The van der Waals surface area contributed by atoms with Crippen LogP contribution in [0.3, 0.4) is 0 Å². The maximum atomic E-state index is 12.9. The molecule has 8 nitrogen and oxygen atoms in total. The van der Waals surface area contributed by atoms with Gasteiger partial charge in [-0.05, 0) is 89.9 Å². The molecule has 0 aromatic heterocycles. The fraction of sp³-hybridized carbons (Fsp3) is 0.648. The van der Waals surface area contributed by atoms with Gasteiger partial charge in [0, 0.05) is 6.42 Å². The molecule has 3 unspecified atom stereocenters. The molecule has 9 heteroatoms. The second-order valence-electron chi connectivity index (χ2n) is 17.4. The third-order valence-corrected chi connectivity index (χ3v) is 11.2. The van der Waals surface area contributed by atoms with Crippen molar-refractivity contribution in [1.29, 1.82) is 0 Å². The number of quaternary nitrogens is 1. The van der Waals surface area contributed by atoms with E-state index in [0.29, 0.717) is 17.4 Å². The van der Waals surface area contributed by atoms with Crippen LogP contribution in [0.15, 0.2) is 109 Å². The van der Waals surface area contributed by atoms with Crippen LogP contribution in [-0.4, -0.2) is 73.4 Å². The average molecular weight is 898 g/mol. The predicted molar refractivity (Wildman–Crippen MR) is 272 cm³/mol. The van der Waals surface area contributed by atoms with Gasteiger partial charge >= 0.3 is 7.82 Å². The molecule has 0 aromatic rings. The molecule has 0 heterocycles. The molecule has 0 aliphatic carbocycles. The minimum absolute atomic E-state index is 0.0468. The van der Waals surface area contributed by atoms with Crippen LogP contribution < -0.4 is 5.32 Å². The van der Waals surface area contributed by atoms with Crippen molar-refractivity contribution in [2.24, 2.45) is 0 Å². The zero-order chi connectivity index (χ0) is 46.4. The second kappa shape index (κ2) is 44.4. The number of hydrogen-bond donors (Lipinski definition) is 3. The van der Waals surface area contributed by atoms with Gasteiger partial charge in [0.25, 0.3) is 0 Å². The minimum Gasteiger partial charge on any atom is -0.387 e. The van der Waals surface area contributed by atoms with Crippen molar-refractivity contribution in [3.8, 4) is 0 Å². The van der Waals surface area contributed by atoms with Crippen LogP contribution >= 0.6 is 7.82 Å². The molecule has 3 atom stereocenters. The number of carbonyl (C=O) groups excluding carboxylic acids is 1. The molecule has 63 heavy (non-hydrogen) atoms. The van der Waals surface area contributed by atoms with Crippen molar-refractivity contribution in [2.75, 3.05) is 40.9 Å². The van der Waals surface area contributed by atoms with Gasteiger partial charge in [-0.1, -0.05) is 187 Å². The van der Waals surface area contributed by atoms with E-state index in [1.165, 1.54) is 57.8 Å². The summed E-state index contributed by atoms with van der Waals surface area (Å²) in [5.41, 5.74) is 0. The van der Waals surface area contributed by atoms with Crippen LogP contribution in [-0.2, 0) is 18.4 Å². The highest BCUT2D eigenvalue weighted by molar-refractivity contribution is 7.47. The number of amides is 1. The Morgan fingerprint density at radius 1 is 0.556 bits per heavy atom. The molecule has 1 amide bonds. The number of likely N-dealkylation sites (N-methyl/N-ethyl adjacent to an activating group) is 1. The molecule has 0 aromatic carbocycles. The van der Waals surface area contributed by atoms with Crippen LogP contribution in [0, 0.1) is 0 Å². The first kappa shape index (κ1) is 60.2. The van der Waals surface area contributed by atoms with Gasteiger partial charge in [0.1, 0.15) is 13.2 Å². The number of phosphoric acid groups is 1. The number of hydrogen-bond acceptors (Lipinski definition) is 5. The predicted octanol–water partition coefficient (Wildman–Crippen LogP) is 14.5. The Bertz CT molecular complexity index is 1390. The van der Waals surface area contributed by atoms with E-state index in [4.69, 9.17) is 9.05 Å². The highest BCUT2D eigenvalue weighted by Crippen LogP contribution is 2.43. The highest BCUT2D eigenvalue weighted by atomic mass is 31.2. The number of carbonyl (C=O) groups is 1. The van der Waals surface area contributed by atoms with Crippen LogP contribution in [0.25, 0.3) is 0 Å². The monoisotopic (exact) mass is 898 g/mol. The highest BCUT2D eigenvalue weighted by Gasteiger charge is 2.27. The number of allylic oxidation sites excluding steroid dienone is 17. The van der Waals surface area contributed by atoms with E-state index in [2.05, 4.69) is 116 Å². The van der Waals surface area contributed by atoms with Gasteiger partial charge < -0.3 is 19.8 Å². The van der Waals surface area contributed by atoms with Gasteiger partial charge in [-0.25, -0.2) is 4.57 Å². The lowest BCUT2D eigenvalue weighted by atomic mass is 10.0. The Hall–Kier alpha value is -2.84. The summed E-state index contributed by atoms with van der Waals surface area (Å²) in [7, 11) is 1.52. The third-order valence-electron chi connectivity index (χ3n) is 10.2. The third kappa shape index (κ3) is 47.0. The normalized spacial score (nSPS) is 15.1. The summed E-state index contributed by atoms with van der Waals surface area (Å²) in [6.07, 6.45) is 64.6. The van der Waals surface area contributed by atoms with Crippen molar-refractivity contribution in [3.05, 3.63) is 109 Å². The maximum Gasteiger partial charge on any atom is 0.472 e. The molecule has 0 rings (SSSR count). The summed E-state index contributed by atoms with van der Waals surface area (Å²) in [6, 6.07) is -0.878.